The monoisotopic (exact) mass is 235 g/mol. The fraction of sp³-hybridized carbons (Fsp3) is 0.167. The first kappa shape index (κ1) is 11.4. The summed E-state index contributed by atoms with van der Waals surface area (Å²) in [6.45, 7) is 1.74. The third-order valence-corrected chi connectivity index (χ3v) is 2.28. The number of anilines is 1. The summed E-state index contributed by atoms with van der Waals surface area (Å²) in [7, 11) is 1.63. The highest BCUT2D eigenvalue weighted by atomic mass is 19.1. The number of benzene rings is 1. The number of halogens is 2. The largest absolute Gasteiger partial charge is 0.357 e. The molecule has 0 amide bonds. The van der Waals surface area contributed by atoms with Gasteiger partial charge < -0.3 is 5.32 Å². The van der Waals surface area contributed by atoms with Crippen LogP contribution in [0.2, 0.25) is 0 Å². The van der Waals surface area contributed by atoms with Crippen LogP contribution in [0.4, 0.5) is 14.7 Å². The van der Waals surface area contributed by atoms with E-state index in [0.29, 0.717) is 17.1 Å². The van der Waals surface area contributed by atoms with Crippen LogP contribution in [-0.4, -0.2) is 17.0 Å². The maximum Gasteiger partial charge on any atom is 0.223 e. The summed E-state index contributed by atoms with van der Waals surface area (Å²) in [5, 5.41) is 2.71. The Balaban J connectivity index is 2.58. The third-order valence-electron chi connectivity index (χ3n) is 2.28. The molecule has 2 aromatic rings. The van der Waals surface area contributed by atoms with Crippen molar-refractivity contribution < 1.29 is 8.78 Å². The van der Waals surface area contributed by atoms with Crippen LogP contribution in [0.5, 0.6) is 0 Å². The van der Waals surface area contributed by atoms with E-state index in [-0.39, 0.29) is 5.69 Å². The van der Waals surface area contributed by atoms with Gasteiger partial charge in [-0.1, -0.05) is 0 Å². The normalized spacial score (nSPS) is 10.4. The molecule has 3 nitrogen and oxygen atoms in total. The maximum absolute atomic E-state index is 13.6. The first-order valence-electron chi connectivity index (χ1n) is 5.08. The molecule has 0 bridgehead atoms. The van der Waals surface area contributed by atoms with Gasteiger partial charge in [0.15, 0.2) is 5.82 Å². The predicted octanol–water partition coefficient (Wildman–Crippen LogP) is 2.77. The van der Waals surface area contributed by atoms with Gasteiger partial charge in [0.25, 0.3) is 0 Å². The summed E-state index contributed by atoms with van der Waals surface area (Å²) in [5.41, 5.74) is 1.20. The fourth-order valence-corrected chi connectivity index (χ4v) is 1.56. The molecule has 2 rings (SSSR count). The van der Waals surface area contributed by atoms with Crippen molar-refractivity contribution in [1.29, 1.82) is 0 Å². The van der Waals surface area contributed by atoms with Crippen LogP contribution in [-0.2, 0) is 0 Å². The van der Waals surface area contributed by atoms with Gasteiger partial charge in [-0.2, -0.15) is 0 Å². The molecular formula is C12H11F2N3. The Morgan fingerprint density at radius 2 is 1.94 bits per heavy atom. The molecule has 5 heteroatoms. The van der Waals surface area contributed by atoms with Gasteiger partial charge in [0.2, 0.25) is 5.95 Å². The Hall–Kier alpha value is -2.04. The van der Waals surface area contributed by atoms with E-state index in [4.69, 9.17) is 0 Å². The summed E-state index contributed by atoms with van der Waals surface area (Å²) in [6, 6.07) is 4.30. The zero-order valence-electron chi connectivity index (χ0n) is 9.46. The van der Waals surface area contributed by atoms with Crippen LogP contribution in [0.3, 0.4) is 0 Å². The van der Waals surface area contributed by atoms with Crippen molar-refractivity contribution in [2.45, 2.75) is 6.92 Å². The first-order valence-corrected chi connectivity index (χ1v) is 5.08. The molecule has 0 aliphatic rings. The molecule has 0 saturated carbocycles. The topological polar surface area (TPSA) is 37.8 Å². The molecular weight excluding hydrogens is 224 g/mol. The van der Waals surface area contributed by atoms with E-state index in [1.807, 2.05) is 0 Å². The SMILES string of the molecule is CNc1ncc(F)c(-c2cc(C)cc(F)c2)n1. The number of nitrogens with zero attached hydrogens (tertiary/aromatic N) is 2. The highest BCUT2D eigenvalue weighted by molar-refractivity contribution is 5.61. The van der Waals surface area contributed by atoms with E-state index < -0.39 is 11.6 Å². The smallest absolute Gasteiger partial charge is 0.223 e. The Morgan fingerprint density at radius 3 is 2.59 bits per heavy atom. The molecule has 0 fully saturated rings. The van der Waals surface area contributed by atoms with E-state index in [0.717, 1.165) is 6.20 Å². The van der Waals surface area contributed by atoms with Crippen LogP contribution in [0.1, 0.15) is 5.56 Å². The van der Waals surface area contributed by atoms with Gasteiger partial charge in [-0.15, -0.1) is 0 Å². The molecule has 0 spiro atoms. The van der Waals surface area contributed by atoms with Gasteiger partial charge in [-0.25, -0.2) is 18.7 Å². The maximum atomic E-state index is 13.6. The van der Waals surface area contributed by atoms with Crippen LogP contribution in [0.25, 0.3) is 11.3 Å². The van der Waals surface area contributed by atoms with Crippen molar-refractivity contribution in [2.75, 3.05) is 12.4 Å². The van der Waals surface area contributed by atoms with Crippen molar-refractivity contribution >= 4 is 5.95 Å². The zero-order chi connectivity index (χ0) is 12.4. The molecule has 0 saturated heterocycles. The summed E-state index contributed by atoms with van der Waals surface area (Å²) in [6.07, 6.45) is 1.06. The highest BCUT2D eigenvalue weighted by Crippen LogP contribution is 2.23. The molecule has 1 aromatic heterocycles. The number of hydrogen-bond donors (Lipinski definition) is 1. The van der Waals surface area contributed by atoms with Gasteiger partial charge in [-0.3, -0.25) is 0 Å². The molecule has 1 aromatic carbocycles. The van der Waals surface area contributed by atoms with Crippen molar-refractivity contribution in [1.82, 2.24) is 9.97 Å². The van der Waals surface area contributed by atoms with Gasteiger partial charge in [-0.05, 0) is 30.7 Å². The van der Waals surface area contributed by atoms with E-state index in [1.54, 1.807) is 20.0 Å². The molecule has 0 aliphatic carbocycles. The van der Waals surface area contributed by atoms with Crippen LogP contribution in [0.15, 0.2) is 24.4 Å². The molecule has 0 atom stereocenters. The number of aromatic nitrogens is 2. The first-order chi connectivity index (χ1) is 8.10. The van der Waals surface area contributed by atoms with E-state index >= 15 is 0 Å². The van der Waals surface area contributed by atoms with Crippen LogP contribution in [0, 0.1) is 18.6 Å². The lowest BCUT2D eigenvalue weighted by Crippen LogP contribution is -2.00. The minimum Gasteiger partial charge on any atom is -0.357 e. The average Bonchev–Trinajstić information content (AvgIpc) is 2.28. The lowest BCUT2D eigenvalue weighted by molar-refractivity contribution is 0.616. The third kappa shape index (κ3) is 2.38. The lowest BCUT2D eigenvalue weighted by atomic mass is 10.1. The van der Waals surface area contributed by atoms with Crippen molar-refractivity contribution in [2.24, 2.45) is 0 Å². The van der Waals surface area contributed by atoms with E-state index in [9.17, 15) is 8.78 Å². The van der Waals surface area contributed by atoms with Gasteiger partial charge in [0, 0.05) is 12.6 Å². The van der Waals surface area contributed by atoms with Crippen LogP contribution < -0.4 is 5.32 Å². The highest BCUT2D eigenvalue weighted by Gasteiger charge is 2.10. The van der Waals surface area contributed by atoms with Gasteiger partial charge in [0.1, 0.15) is 11.5 Å². The Labute approximate surface area is 97.5 Å². The van der Waals surface area contributed by atoms with Crippen molar-refractivity contribution in [3.05, 3.63) is 41.6 Å². The number of hydrogen-bond acceptors (Lipinski definition) is 3. The van der Waals surface area contributed by atoms with E-state index in [2.05, 4.69) is 15.3 Å². The molecule has 0 radical (unpaired) electrons. The molecule has 0 unspecified atom stereocenters. The van der Waals surface area contributed by atoms with Gasteiger partial charge in [0.05, 0.1) is 6.20 Å². The minimum absolute atomic E-state index is 0.0898. The predicted molar refractivity (Wildman–Crippen MR) is 61.7 cm³/mol. The molecule has 0 aliphatic heterocycles. The second-order valence-electron chi connectivity index (χ2n) is 3.66. The summed E-state index contributed by atoms with van der Waals surface area (Å²) >= 11 is 0. The Morgan fingerprint density at radius 1 is 1.18 bits per heavy atom. The molecule has 17 heavy (non-hydrogen) atoms. The van der Waals surface area contributed by atoms with Crippen molar-refractivity contribution in [3.63, 3.8) is 0 Å². The van der Waals surface area contributed by atoms with E-state index in [1.165, 1.54) is 12.1 Å². The molecule has 1 N–H and O–H groups in total. The average molecular weight is 235 g/mol. The van der Waals surface area contributed by atoms with Crippen LogP contribution >= 0.6 is 0 Å². The standard InChI is InChI=1S/C12H11F2N3/c1-7-3-8(5-9(13)4-7)11-10(14)6-16-12(15-2)17-11/h3-6H,1-2H3,(H,15,16,17). The summed E-state index contributed by atoms with van der Waals surface area (Å²) < 4.78 is 26.8. The minimum atomic E-state index is -0.575. The van der Waals surface area contributed by atoms with Crippen molar-refractivity contribution in [3.8, 4) is 11.3 Å². The quantitative estimate of drug-likeness (QED) is 0.869. The fourth-order valence-electron chi connectivity index (χ4n) is 1.56. The Bertz CT molecular complexity index is 535. The lowest BCUT2D eigenvalue weighted by Gasteiger charge is -2.06. The summed E-state index contributed by atoms with van der Waals surface area (Å²) in [5.74, 6) is -0.693. The summed E-state index contributed by atoms with van der Waals surface area (Å²) in [4.78, 5) is 7.72. The molecule has 88 valence electrons. The second-order valence-corrected chi connectivity index (χ2v) is 3.66. The molecule has 1 heterocycles. The number of rotatable bonds is 2. The zero-order valence-corrected chi connectivity index (χ0v) is 9.46. The van der Waals surface area contributed by atoms with Gasteiger partial charge >= 0.3 is 0 Å². The number of aryl methyl sites for hydroxylation is 1. The second kappa shape index (κ2) is 4.45. The Kier molecular flexibility index (Phi) is 2.99. The number of nitrogens with one attached hydrogen (secondary N) is 1.